The van der Waals surface area contributed by atoms with Crippen LogP contribution >= 0.6 is 0 Å². The fourth-order valence-electron chi connectivity index (χ4n) is 2.22. The molecule has 3 rings (SSSR count). The molecule has 0 aliphatic rings. The molecule has 0 bridgehead atoms. The highest BCUT2D eigenvalue weighted by atomic mass is 32.2. The number of aromatic amines is 1. The predicted molar refractivity (Wildman–Crippen MR) is 80.1 cm³/mol. The molecule has 2 aromatic heterocycles. The average Bonchev–Trinajstić information content (AvgIpc) is 3.07. The zero-order valence-corrected chi connectivity index (χ0v) is 12.2. The quantitative estimate of drug-likeness (QED) is 0.722. The number of rotatable bonds is 4. The number of fused-ring (bicyclic) bond motifs is 1. The molecule has 0 amide bonds. The lowest BCUT2D eigenvalue weighted by Gasteiger charge is -2.15. The van der Waals surface area contributed by atoms with E-state index < -0.39 is 10.0 Å². The van der Waals surface area contributed by atoms with Gasteiger partial charge in [-0.2, -0.15) is 4.31 Å². The van der Waals surface area contributed by atoms with Crippen molar-refractivity contribution < 1.29 is 12.8 Å². The number of anilines is 1. The molecule has 0 aliphatic heterocycles. The smallest absolute Gasteiger partial charge is 0.245 e. The highest BCUT2D eigenvalue weighted by Crippen LogP contribution is 2.27. The Morgan fingerprint density at radius 1 is 1.33 bits per heavy atom. The normalized spacial score (nSPS) is 12.3. The summed E-state index contributed by atoms with van der Waals surface area (Å²) < 4.78 is 31.6. The summed E-state index contributed by atoms with van der Waals surface area (Å²) in [5.74, 6) is 0. The van der Waals surface area contributed by atoms with Gasteiger partial charge >= 0.3 is 0 Å². The molecule has 6 nitrogen and oxygen atoms in total. The SMILES string of the molecule is CN(Cc1ccoc1)S(=O)(=O)c1c[nH]c2ccc(N)cc12. The molecule has 0 saturated heterocycles. The van der Waals surface area contributed by atoms with Crippen molar-refractivity contribution in [2.45, 2.75) is 11.4 Å². The minimum Gasteiger partial charge on any atom is -0.472 e. The molecule has 3 aromatic rings. The molecule has 3 N–H and O–H groups in total. The Morgan fingerprint density at radius 3 is 2.86 bits per heavy atom. The van der Waals surface area contributed by atoms with E-state index in [0.717, 1.165) is 11.1 Å². The van der Waals surface area contributed by atoms with Crippen molar-refractivity contribution >= 4 is 26.6 Å². The van der Waals surface area contributed by atoms with E-state index in [4.69, 9.17) is 10.2 Å². The minimum atomic E-state index is -3.61. The summed E-state index contributed by atoms with van der Waals surface area (Å²) in [6, 6.07) is 6.88. The van der Waals surface area contributed by atoms with Crippen molar-refractivity contribution in [2.24, 2.45) is 0 Å². The van der Waals surface area contributed by atoms with E-state index in [2.05, 4.69) is 4.98 Å². The van der Waals surface area contributed by atoms with Crippen molar-refractivity contribution in [1.29, 1.82) is 0 Å². The number of furan rings is 1. The van der Waals surface area contributed by atoms with Crippen molar-refractivity contribution in [1.82, 2.24) is 9.29 Å². The zero-order valence-electron chi connectivity index (χ0n) is 11.4. The number of hydrogen-bond donors (Lipinski definition) is 2. The second kappa shape index (κ2) is 4.94. The molecule has 110 valence electrons. The van der Waals surface area contributed by atoms with Crippen molar-refractivity contribution in [3.05, 3.63) is 48.6 Å². The first kappa shape index (κ1) is 13.7. The molecule has 21 heavy (non-hydrogen) atoms. The van der Waals surface area contributed by atoms with Crippen LogP contribution < -0.4 is 5.73 Å². The van der Waals surface area contributed by atoms with Gasteiger partial charge in [-0.3, -0.25) is 0 Å². The van der Waals surface area contributed by atoms with E-state index in [0.29, 0.717) is 11.1 Å². The van der Waals surface area contributed by atoms with Gasteiger partial charge in [-0.1, -0.05) is 0 Å². The van der Waals surface area contributed by atoms with Crippen LogP contribution in [-0.4, -0.2) is 24.8 Å². The van der Waals surface area contributed by atoms with Crippen LogP contribution in [0.5, 0.6) is 0 Å². The lowest BCUT2D eigenvalue weighted by Crippen LogP contribution is -2.26. The molecule has 0 radical (unpaired) electrons. The molecule has 0 saturated carbocycles. The van der Waals surface area contributed by atoms with Crippen LogP contribution in [0.1, 0.15) is 5.56 Å². The summed E-state index contributed by atoms with van der Waals surface area (Å²) >= 11 is 0. The summed E-state index contributed by atoms with van der Waals surface area (Å²) in [7, 11) is -2.08. The van der Waals surface area contributed by atoms with Gasteiger partial charge in [-0.15, -0.1) is 0 Å². The Labute approximate surface area is 122 Å². The van der Waals surface area contributed by atoms with E-state index >= 15 is 0 Å². The Hall–Kier alpha value is -2.25. The fourth-order valence-corrected chi connectivity index (χ4v) is 3.53. The monoisotopic (exact) mass is 305 g/mol. The number of sulfonamides is 1. The molecular formula is C14H15N3O3S. The number of hydrogen-bond acceptors (Lipinski definition) is 4. The maximum Gasteiger partial charge on any atom is 0.245 e. The maximum atomic E-state index is 12.7. The van der Waals surface area contributed by atoms with Crippen LogP contribution in [0.15, 0.2) is 52.3 Å². The number of nitrogens with one attached hydrogen (secondary N) is 1. The van der Waals surface area contributed by atoms with Crippen molar-refractivity contribution in [3.8, 4) is 0 Å². The number of aromatic nitrogens is 1. The molecule has 1 aromatic carbocycles. The summed E-state index contributed by atoms with van der Waals surface area (Å²) in [5, 5.41) is 0.592. The van der Waals surface area contributed by atoms with Gasteiger partial charge in [-0.05, 0) is 24.3 Å². The summed E-state index contributed by atoms with van der Waals surface area (Å²) in [5.41, 5.74) is 7.80. The Balaban J connectivity index is 2.01. The molecule has 7 heteroatoms. The largest absolute Gasteiger partial charge is 0.472 e. The number of nitrogen functional groups attached to an aromatic ring is 1. The Kier molecular flexibility index (Phi) is 3.23. The van der Waals surface area contributed by atoms with Gasteiger partial charge in [0, 0.05) is 41.9 Å². The third kappa shape index (κ3) is 2.41. The van der Waals surface area contributed by atoms with Crippen LogP contribution in [0, 0.1) is 0 Å². The maximum absolute atomic E-state index is 12.7. The highest BCUT2D eigenvalue weighted by molar-refractivity contribution is 7.89. The number of nitrogens with two attached hydrogens (primary N) is 1. The third-order valence-corrected chi connectivity index (χ3v) is 5.18. The van der Waals surface area contributed by atoms with Crippen LogP contribution in [0.3, 0.4) is 0 Å². The van der Waals surface area contributed by atoms with Gasteiger partial charge in [0.25, 0.3) is 0 Å². The van der Waals surface area contributed by atoms with E-state index in [1.165, 1.54) is 30.1 Å². The molecule has 0 fully saturated rings. The fraction of sp³-hybridized carbons (Fsp3) is 0.143. The van der Waals surface area contributed by atoms with Crippen LogP contribution in [-0.2, 0) is 16.6 Å². The second-order valence-electron chi connectivity index (χ2n) is 4.85. The molecule has 2 heterocycles. The summed E-state index contributed by atoms with van der Waals surface area (Å²) in [6.07, 6.45) is 4.53. The van der Waals surface area contributed by atoms with E-state index in [9.17, 15) is 8.42 Å². The van der Waals surface area contributed by atoms with E-state index in [1.54, 1.807) is 24.3 Å². The molecule has 0 aliphatic carbocycles. The summed E-state index contributed by atoms with van der Waals surface area (Å²) in [6.45, 7) is 0.244. The summed E-state index contributed by atoms with van der Waals surface area (Å²) in [4.78, 5) is 3.17. The van der Waals surface area contributed by atoms with Gasteiger partial charge in [0.1, 0.15) is 4.90 Å². The van der Waals surface area contributed by atoms with Gasteiger partial charge in [0.05, 0.1) is 12.5 Å². The van der Waals surface area contributed by atoms with Crippen molar-refractivity contribution in [3.63, 3.8) is 0 Å². The molecular weight excluding hydrogens is 290 g/mol. The molecule has 0 atom stereocenters. The van der Waals surface area contributed by atoms with Crippen LogP contribution in [0.25, 0.3) is 10.9 Å². The van der Waals surface area contributed by atoms with Crippen LogP contribution in [0.4, 0.5) is 5.69 Å². The number of H-pyrrole nitrogens is 1. The first-order valence-electron chi connectivity index (χ1n) is 6.32. The predicted octanol–water partition coefficient (Wildman–Crippen LogP) is 2.16. The first-order valence-corrected chi connectivity index (χ1v) is 7.76. The molecule has 0 unspecified atom stereocenters. The Morgan fingerprint density at radius 2 is 2.14 bits per heavy atom. The zero-order chi connectivity index (χ0) is 15.0. The molecule has 0 spiro atoms. The average molecular weight is 305 g/mol. The highest BCUT2D eigenvalue weighted by Gasteiger charge is 2.24. The van der Waals surface area contributed by atoms with Gasteiger partial charge in [0.15, 0.2) is 0 Å². The number of nitrogens with zero attached hydrogens (tertiary/aromatic N) is 1. The van der Waals surface area contributed by atoms with Crippen LogP contribution in [0.2, 0.25) is 0 Å². The van der Waals surface area contributed by atoms with E-state index in [1.807, 2.05) is 0 Å². The standard InChI is InChI=1S/C14H15N3O3S/c1-17(8-10-4-5-20-9-10)21(18,19)14-7-16-13-3-2-11(15)6-12(13)14/h2-7,9,16H,8,15H2,1H3. The van der Waals surface area contributed by atoms with Gasteiger partial charge in [-0.25, -0.2) is 8.42 Å². The first-order chi connectivity index (χ1) is 9.98. The van der Waals surface area contributed by atoms with E-state index in [-0.39, 0.29) is 11.4 Å². The van der Waals surface area contributed by atoms with Gasteiger partial charge in [0.2, 0.25) is 10.0 Å². The third-order valence-electron chi connectivity index (χ3n) is 3.34. The topological polar surface area (TPSA) is 92.3 Å². The van der Waals surface area contributed by atoms with Gasteiger partial charge < -0.3 is 15.1 Å². The second-order valence-corrected chi connectivity index (χ2v) is 6.86. The Bertz CT molecular complexity index is 866. The lowest BCUT2D eigenvalue weighted by atomic mass is 10.2. The number of benzene rings is 1. The van der Waals surface area contributed by atoms with Crippen molar-refractivity contribution in [2.75, 3.05) is 12.8 Å². The lowest BCUT2D eigenvalue weighted by molar-refractivity contribution is 0.464. The minimum absolute atomic E-state index is 0.218.